The quantitative estimate of drug-likeness (QED) is 0.807. The Morgan fingerprint density at radius 1 is 1.19 bits per heavy atom. The van der Waals surface area contributed by atoms with Crippen LogP contribution in [0.15, 0.2) is 6.07 Å². The number of hydrogen-bond acceptors (Lipinski definition) is 2. The van der Waals surface area contributed by atoms with Crippen LogP contribution in [0.25, 0.3) is 0 Å². The van der Waals surface area contributed by atoms with Gasteiger partial charge in [-0.1, -0.05) is 19.4 Å². The molecule has 0 heterocycles. The molecule has 2 atom stereocenters. The number of benzene rings is 1. The van der Waals surface area contributed by atoms with Gasteiger partial charge in [0.05, 0.1) is 5.92 Å². The van der Waals surface area contributed by atoms with Crippen molar-refractivity contribution in [3.63, 3.8) is 0 Å². The number of aliphatic carboxylic acids is 1. The summed E-state index contributed by atoms with van der Waals surface area (Å²) >= 11 is 0. The fourth-order valence-corrected chi connectivity index (χ4v) is 3.04. The smallest absolute Gasteiger partial charge is 0.307 e. The zero-order valence-corrected chi connectivity index (χ0v) is 14.0. The van der Waals surface area contributed by atoms with Gasteiger partial charge in [-0.15, -0.1) is 0 Å². The number of rotatable bonds is 7. The second-order valence-electron chi connectivity index (χ2n) is 6.22. The third-order valence-corrected chi connectivity index (χ3v) is 4.84. The number of nitrogens with two attached hydrogens (primary N) is 1. The lowest BCUT2D eigenvalue weighted by Crippen LogP contribution is -2.26. The van der Waals surface area contributed by atoms with E-state index in [1.54, 1.807) is 0 Å². The molecule has 3 heteroatoms. The van der Waals surface area contributed by atoms with Crippen LogP contribution >= 0.6 is 0 Å². The van der Waals surface area contributed by atoms with E-state index in [-0.39, 0.29) is 6.54 Å². The Labute approximate surface area is 128 Å². The molecule has 118 valence electrons. The molecule has 2 unspecified atom stereocenters. The largest absolute Gasteiger partial charge is 0.481 e. The molecule has 1 rings (SSSR count). The van der Waals surface area contributed by atoms with Gasteiger partial charge in [0.2, 0.25) is 0 Å². The standard InChI is InChI=1S/C18H29NO2/c1-6-15(8-16(10-19)18(20)21)9-17-12(3)7-11(2)13(4)14(17)5/h7,15-16H,6,8-10,19H2,1-5H3,(H,20,21). The Hall–Kier alpha value is -1.35. The van der Waals surface area contributed by atoms with Crippen molar-refractivity contribution in [2.75, 3.05) is 6.54 Å². The Morgan fingerprint density at radius 2 is 1.81 bits per heavy atom. The summed E-state index contributed by atoms with van der Waals surface area (Å²) in [5, 5.41) is 9.19. The van der Waals surface area contributed by atoms with Crippen molar-refractivity contribution in [1.29, 1.82) is 0 Å². The van der Waals surface area contributed by atoms with E-state index in [9.17, 15) is 9.90 Å². The fraction of sp³-hybridized carbons (Fsp3) is 0.611. The zero-order valence-electron chi connectivity index (χ0n) is 14.0. The first-order valence-electron chi connectivity index (χ1n) is 7.80. The van der Waals surface area contributed by atoms with E-state index in [4.69, 9.17) is 5.73 Å². The summed E-state index contributed by atoms with van der Waals surface area (Å²) in [6, 6.07) is 2.24. The Bertz CT molecular complexity index is 508. The minimum atomic E-state index is -0.774. The predicted molar refractivity (Wildman–Crippen MR) is 87.7 cm³/mol. The number of hydrogen-bond donors (Lipinski definition) is 2. The average Bonchev–Trinajstić information content (AvgIpc) is 2.44. The minimum Gasteiger partial charge on any atom is -0.481 e. The highest BCUT2D eigenvalue weighted by Crippen LogP contribution is 2.27. The first-order valence-corrected chi connectivity index (χ1v) is 7.80. The van der Waals surface area contributed by atoms with Gasteiger partial charge in [-0.05, 0) is 74.3 Å². The van der Waals surface area contributed by atoms with Crippen LogP contribution in [0.3, 0.4) is 0 Å². The molecule has 1 aromatic rings. The van der Waals surface area contributed by atoms with Crippen LogP contribution in [-0.2, 0) is 11.2 Å². The second-order valence-corrected chi connectivity index (χ2v) is 6.22. The predicted octanol–water partition coefficient (Wildman–Crippen LogP) is 3.54. The van der Waals surface area contributed by atoms with Gasteiger partial charge in [0.15, 0.2) is 0 Å². The van der Waals surface area contributed by atoms with E-state index in [2.05, 4.69) is 40.7 Å². The van der Waals surface area contributed by atoms with E-state index < -0.39 is 11.9 Å². The molecule has 0 aliphatic rings. The second kappa shape index (κ2) is 7.60. The van der Waals surface area contributed by atoms with E-state index >= 15 is 0 Å². The third-order valence-electron chi connectivity index (χ3n) is 4.84. The van der Waals surface area contributed by atoms with Crippen molar-refractivity contribution in [3.8, 4) is 0 Å². The molecule has 3 N–H and O–H groups in total. The van der Waals surface area contributed by atoms with Gasteiger partial charge in [0, 0.05) is 6.54 Å². The van der Waals surface area contributed by atoms with Crippen LogP contribution in [-0.4, -0.2) is 17.6 Å². The summed E-state index contributed by atoms with van der Waals surface area (Å²) in [5.41, 5.74) is 12.3. The molecule has 0 bridgehead atoms. The van der Waals surface area contributed by atoms with Crippen LogP contribution in [0.5, 0.6) is 0 Å². The molecule has 0 aliphatic carbocycles. The van der Waals surface area contributed by atoms with E-state index in [0.717, 1.165) is 12.8 Å². The van der Waals surface area contributed by atoms with Crippen molar-refractivity contribution in [1.82, 2.24) is 0 Å². The number of carbonyl (C=O) groups is 1. The topological polar surface area (TPSA) is 63.3 Å². The number of aryl methyl sites for hydroxylation is 2. The van der Waals surface area contributed by atoms with Crippen molar-refractivity contribution in [2.24, 2.45) is 17.6 Å². The molecule has 3 nitrogen and oxygen atoms in total. The fourth-order valence-electron chi connectivity index (χ4n) is 3.04. The molecule has 0 fully saturated rings. The molecule has 0 amide bonds. The summed E-state index contributed by atoms with van der Waals surface area (Å²) < 4.78 is 0. The van der Waals surface area contributed by atoms with Crippen molar-refractivity contribution >= 4 is 5.97 Å². The molecule has 0 radical (unpaired) electrons. The van der Waals surface area contributed by atoms with E-state index in [0.29, 0.717) is 12.3 Å². The molecule has 0 spiro atoms. The summed E-state index contributed by atoms with van der Waals surface area (Å²) in [6.45, 7) is 11.0. The Kier molecular flexibility index (Phi) is 6.41. The molecule has 0 saturated heterocycles. The maximum absolute atomic E-state index is 11.2. The van der Waals surface area contributed by atoms with Crippen LogP contribution in [0.2, 0.25) is 0 Å². The molecule has 0 aromatic heterocycles. The van der Waals surface area contributed by atoms with Gasteiger partial charge in [-0.25, -0.2) is 0 Å². The zero-order chi connectivity index (χ0) is 16.2. The molecular formula is C18H29NO2. The van der Waals surface area contributed by atoms with E-state index in [1.807, 2.05) is 0 Å². The first-order chi connectivity index (χ1) is 9.81. The first kappa shape index (κ1) is 17.7. The van der Waals surface area contributed by atoms with Crippen molar-refractivity contribution < 1.29 is 9.90 Å². The Morgan fingerprint density at radius 3 is 2.29 bits per heavy atom. The molecule has 0 saturated carbocycles. The summed E-state index contributed by atoms with van der Waals surface area (Å²) in [6.07, 6.45) is 2.59. The van der Waals surface area contributed by atoms with E-state index in [1.165, 1.54) is 27.8 Å². The van der Waals surface area contributed by atoms with Gasteiger partial charge in [0.25, 0.3) is 0 Å². The lowest BCUT2D eigenvalue weighted by molar-refractivity contribution is -0.142. The summed E-state index contributed by atoms with van der Waals surface area (Å²) in [5.74, 6) is -0.833. The highest BCUT2D eigenvalue weighted by atomic mass is 16.4. The lowest BCUT2D eigenvalue weighted by Gasteiger charge is -2.22. The molecule has 21 heavy (non-hydrogen) atoms. The SMILES string of the molecule is CCC(Cc1c(C)cc(C)c(C)c1C)CC(CN)C(=O)O. The highest BCUT2D eigenvalue weighted by molar-refractivity contribution is 5.70. The van der Waals surface area contributed by atoms with Gasteiger partial charge in [-0.3, -0.25) is 4.79 Å². The monoisotopic (exact) mass is 291 g/mol. The van der Waals surface area contributed by atoms with Gasteiger partial charge < -0.3 is 10.8 Å². The number of carboxylic acid groups (broad SMARTS) is 1. The Balaban J connectivity index is 2.97. The lowest BCUT2D eigenvalue weighted by atomic mass is 9.83. The van der Waals surface area contributed by atoms with Crippen LogP contribution < -0.4 is 5.73 Å². The van der Waals surface area contributed by atoms with Crippen molar-refractivity contribution in [3.05, 3.63) is 33.9 Å². The highest BCUT2D eigenvalue weighted by Gasteiger charge is 2.22. The minimum absolute atomic E-state index is 0.219. The normalized spacial score (nSPS) is 14.0. The molecule has 1 aromatic carbocycles. The maximum Gasteiger partial charge on any atom is 0.307 e. The van der Waals surface area contributed by atoms with Crippen LogP contribution in [0, 0.1) is 39.5 Å². The van der Waals surface area contributed by atoms with Gasteiger partial charge in [0.1, 0.15) is 0 Å². The van der Waals surface area contributed by atoms with Crippen LogP contribution in [0.1, 0.15) is 47.6 Å². The number of carboxylic acids is 1. The summed E-state index contributed by atoms with van der Waals surface area (Å²) in [4.78, 5) is 11.2. The van der Waals surface area contributed by atoms with Gasteiger partial charge >= 0.3 is 5.97 Å². The summed E-state index contributed by atoms with van der Waals surface area (Å²) in [7, 11) is 0. The average molecular weight is 291 g/mol. The molecular weight excluding hydrogens is 262 g/mol. The third kappa shape index (κ3) is 4.31. The maximum atomic E-state index is 11.2. The van der Waals surface area contributed by atoms with Crippen molar-refractivity contribution in [2.45, 2.75) is 53.9 Å². The van der Waals surface area contributed by atoms with Gasteiger partial charge in [-0.2, -0.15) is 0 Å². The van der Waals surface area contributed by atoms with Crippen LogP contribution in [0.4, 0.5) is 0 Å². The molecule has 0 aliphatic heterocycles.